The number of nitrogens with one attached hydrogen (secondary N) is 1. The van der Waals surface area contributed by atoms with Crippen molar-refractivity contribution < 1.29 is 28.6 Å². The van der Waals surface area contributed by atoms with Gasteiger partial charge in [-0.25, -0.2) is 0 Å². The fourth-order valence-electron chi connectivity index (χ4n) is 2.50. The highest BCUT2D eigenvalue weighted by atomic mass is 31.2. The maximum Gasteiger partial charge on any atom is 0.257 e. The van der Waals surface area contributed by atoms with Crippen LogP contribution in [0.15, 0.2) is 53.1 Å². The van der Waals surface area contributed by atoms with Crippen LogP contribution in [0.3, 0.4) is 0 Å². The second-order valence-corrected chi connectivity index (χ2v) is 7.62. The van der Waals surface area contributed by atoms with Crippen LogP contribution in [0.4, 0.5) is 5.82 Å². The van der Waals surface area contributed by atoms with E-state index in [0.29, 0.717) is 39.7 Å². The second-order valence-electron chi connectivity index (χ2n) is 6.52. The van der Waals surface area contributed by atoms with Gasteiger partial charge < -0.3 is 29.1 Å². The van der Waals surface area contributed by atoms with Gasteiger partial charge in [0.05, 0.1) is 6.10 Å². The molecule has 1 aromatic heterocycles. The molecular weight excluding hydrogens is 395 g/mol. The molecule has 0 radical (unpaired) electrons. The number of nitrogens with zero attached hydrogens (tertiary/aromatic N) is 1. The van der Waals surface area contributed by atoms with Crippen molar-refractivity contribution in [2.75, 3.05) is 5.32 Å². The van der Waals surface area contributed by atoms with E-state index in [1.807, 2.05) is 13.8 Å². The van der Waals surface area contributed by atoms with Crippen LogP contribution in [-0.4, -0.2) is 27.0 Å². The number of hydrogen-bond donors (Lipinski definition) is 3. The molecule has 9 heteroatoms. The minimum atomic E-state index is -2.16. The average Bonchev–Trinajstić information content (AvgIpc) is 3.06. The number of amides is 1. The maximum absolute atomic E-state index is 12.6. The van der Waals surface area contributed by atoms with Crippen LogP contribution >= 0.6 is 8.38 Å². The Morgan fingerprint density at radius 2 is 1.76 bits per heavy atom. The third-order valence-corrected chi connectivity index (χ3v) is 4.45. The lowest BCUT2D eigenvalue weighted by Gasteiger charge is -2.14. The van der Waals surface area contributed by atoms with Gasteiger partial charge in [0, 0.05) is 23.0 Å². The summed E-state index contributed by atoms with van der Waals surface area (Å²) < 4.78 is 16.5. The third-order valence-electron chi connectivity index (χ3n) is 3.69. The molecule has 3 rings (SSSR count). The van der Waals surface area contributed by atoms with Gasteiger partial charge in [0.1, 0.15) is 23.0 Å². The highest BCUT2D eigenvalue weighted by Crippen LogP contribution is 2.30. The predicted molar refractivity (Wildman–Crippen MR) is 109 cm³/mol. The van der Waals surface area contributed by atoms with Gasteiger partial charge in [-0.1, -0.05) is 5.16 Å². The van der Waals surface area contributed by atoms with Crippen molar-refractivity contribution in [2.24, 2.45) is 0 Å². The van der Waals surface area contributed by atoms with Crippen molar-refractivity contribution >= 4 is 25.4 Å². The SMILES string of the molecule is Cc1cc(NC(=O)c2cc(Oc3ccc(P(O)O)cc3)cc(OC(C)C)c2)no1. The molecule has 0 saturated carbocycles. The summed E-state index contributed by atoms with van der Waals surface area (Å²) in [7, 11) is -2.16. The summed E-state index contributed by atoms with van der Waals surface area (Å²) in [6.45, 7) is 5.49. The number of hydrogen-bond acceptors (Lipinski definition) is 7. The van der Waals surface area contributed by atoms with E-state index in [4.69, 9.17) is 14.0 Å². The molecule has 0 saturated heterocycles. The molecule has 0 unspecified atom stereocenters. The molecule has 0 aliphatic rings. The number of carbonyl (C=O) groups excluding carboxylic acids is 1. The molecule has 29 heavy (non-hydrogen) atoms. The van der Waals surface area contributed by atoms with Gasteiger partial charge in [-0.2, -0.15) is 0 Å². The third kappa shape index (κ3) is 5.77. The molecule has 8 nitrogen and oxygen atoms in total. The van der Waals surface area contributed by atoms with Gasteiger partial charge in [-0.3, -0.25) is 4.79 Å². The molecule has 0 atom stereocenters. The van der Waals surface area contributed by atoms with Gasteiger partial charge >= 0.3 is 0 Å². The smallest absolute Gasteiger partial charge is 0.257 e. The summed E-state index contributed by atoms with van der Waals surface area (Å²) in [5.41, 5.74) is 0.324. The Labute approximate surface area is 169 Å². The van der Waals surface area contributed by atoms with Crippen LogP contribution in [0, 0.1) is 6.92 Å². The highest BCUT2D eigenvalue weighted by molar-refractivity contribution is 7.54. The van der Waals surface area contributed by atoms with Crippen molar-refractivity contribution in [1.29, 1.82) is 0 Å². The largest absolute Gasteiger partial charge is 0.491 e. The Morgan fingerprint density at radius 1 is 1.07 bits per heavy atom. The molecule has 0 bridgehead atoms. The van der Waals surface area contributed by atoms with E-state index in [2.05, 4.69) is 10.5 Å². The van der Waals surface area contributed by atoms with Gasteiger partial charge in [-0.05, 0) is 57.2 Å². The fourth-order valence-corrected chi connectivity index (χ4v) is 2.92. The highest BCUT2D eigenvalue weighted by Gasteiger charge is 2.14. The lowest BCUT2D eigenvalue weighted by molar-refractivity contribution is 0.102. The van der Waals surface area contributed by atoms with E-state index in [1.54, 1.807) is 55.5 Å². The number of ether oxygens (including phenoxy) is 2. The first-order valence-corrected chi connectivity index (χ1v) is 10.1. The molecule has 152 valence electrons. The van der Waals surface area contributed by atoms with Crippen molar-refractivity contribution in [1.82, 2.24) is 5.16 Å². The second kappa shape index (κ2) is 9.05. The molecule has 3 aromatic rings. The molecule has 1 amide bonds. The standard InChI is InChI=1S/C20H21N2O6P/c1-12(2)26-16-9-14(20(23)21-19-8-13(3)28-22-19)10-17(11-16)27-15-4-6-18(7-5-15)29(24)25/h4-12,24-25H,1-3H3,(H,21,22,23). The zero-order valence-electron chi connectivity index (χ0n) is 16.1. The fraction of sp³-hybridized carbons (Fsp3) is 0.200. The summed E-state index contributed by atoms with van der Waals surface area (Å²) in [5.74, 6) is 1.85. The average molecular weight is 416 g/mol. The number of carbonyl (C=O) groups is 1. The van der Waals surface area contributed by atoms with Gasteiger partial charge in [0.15, 0.2) is 14.2 Å². The Balaban J connectivity index is 1.85. The monoisotopic (exact) mass is 416 g/mol. The van der Waals surface area contributed by atoms with Crippen LogP contribution < -0.4 is 20.1 Å². The number of aromatic nitrogens is 1. The minimum absolute atomic E-state index is 0.0907. The molecular formula is C20H21N2O6P. The molecule has 0 spiro atoms. The van der Waals surface area contributed by atoms with Crippen LogP contribution in [-0.2, 0) is 0 Å². The van der Waals surface area contributed by atoms with Crippen molar-refractivity contribution in [2.45, 2.75) is 26.9 Å². The minimum Gasteiger partial charge on any atom is -0.491 e. The van der Waals surface area contributed by atoms with Gasteiger partial charge in [0.25, 0.3) is 5.91 Å². The first-order chi connectivity index (χ1) is 13.8. The maximum atomic E-state index is 12.6. The molecule has 0 aliphatic carbocycles. The van der Waals surface area contributed by atoms with E-state index >= 15 is 0 Å². The van der Waals surface area contributed by atoms with Crippen molar-refractivity contribution in [3.8, 4) is 17.2 Å². The molecule has 1 heterocycles. The normalized spacial score (nSPS) is 11.0. The van der Waals surface area contributed by atoms with E-state index in [9.17, 15) is 14.6 Å². The Hall–Kier alpha value is -2.93. The Kier molecular flexibility index (Phi) is 6.49. The lowest BCUT2D eigenvalue weighted by atomic mass is 10.2. The van der Waals surface area contributed by atoms with E-state index in [-0.39, 0.29) is 12.0 Å². The number of aryl methyl sites for hydroxylation is 1. The summed E-state index contributed by atoms with van der Waals surface area (Å²) >= 11 is 0. The molecule has 2 aromatic carbocycles. The van der Waals surface area contributed by atoms with Gasteiger partial charge in [0.2, 0.25) is 0 Å². The van der Waals surface area contributed by atoms with Crippen LogP contribution in [0.25, 0.3) is 0 Å². The predicted octanol–water partition coefficient (Wildman–Crippen LogP) is 3.74. The van der Waals surface area contributed by atoms with Crippen molar-refractivity contribution in [3.63, 3.8) is 0 Å². The molecule has 0 fully saturated rings. The summed E-state index contributed by atoms with van der Waals surface area (Å²) in [6.07, 6.45) is -0.0907. The lowest BCUT2D eigenvalue weighted by Crippen LogP contribution is -2.13. The van der Waals surface area contributed by atoms with Crippen LogP contribution in [0.1, 0.15) is 30.0 Å². The zero-order valence-corrected chi connectivity index (χ0v) is 17.0. The first-order valence-electron chi connectivity index (χ1n) is 8.82. The van der Waals surface area contributed by atoms with Crippen LogP contribution in [0.2, 0.25) is 0 Å². The topological polar surface area (TPSA) is 114 Å². The molecule has 3 N–H and O–H groups in total. The Bertz CT molecular complexity index is 985. The number of rotatable bonds is 7. The van der Waals surface area contributed by atoms with E-state index < -0.39 is 8.38 Å². The summed E-state index contributed by atoms with van der Waals surface area (Å²) in [6, 6.07) is 12.8. The van der Waals surface area contributed by atoms with E-state index in [0.717, 1.165) is 0 Å². The van der Waals surface area contributed by atoms with E-state index in [1.165, 1.54) is 0 Å². The molecule has 0 aliphatic heterocycles. The summed E-state index contributed by atoms with van der Waals surface area (Å²) in [5, 5.41) is 6.83. The first kappa shape index (κ1) is 20.8. The van der Waals surface area contributed by atoms with Crippen molar-refractivity contribution in [3.05, 3.63) is 59.9 Å². The Morgan fingerprint density at radius 3 is 2.34 bits per heavy atom. The number of anilines is 1. The van der Waals surface area contributed by atoms with Crippen LogP contribution in [0.5, 0.6) is 17.2 Å². The van der Waals surface area contributed by atoms with Gasteiger partial charge in [-0.15, -0.1) is 0 Å². The quantitative estimate of drug-likeness (QED) is 0.503. The zero-order chi connectivity index (χ0) is 21.0. The summed E-state index contributed by atoms with van der Waals surface area (Å²) in [4.78, 5) is 31.1. The number of benzene rings is 2.